The molecule has 8 nitrogen and oxygen atoms in total. The monoisotopic (exact) mass is 425 g/mol. The van der Waals surface area contributed by atoms with Gasteiger partial charge in [0, 0.05) is 5.69 Å². The van der Waals surface area contributed by atoms with Crippen LogP contribution < -0.4 is 10.9 Å². The van der Waals surface area contributed by atoms with Crippen LogP contribution in [0.5, 0.6) is 0 Å². The SMILES string of the molecule is O=C(CSc1nnc(-c2ccco2)n1-c1ccccc1)NNC(=O)c1cccs1. The molecule has 0 aliphatic carbocycles. The van der Waals surface area contributed by atoms with Crippen LogP contribution >= 0.6 is 23.1 Å². The summed E-state index contributed by atoms with van der Waals surface area (Å²) in [6.45, 7) is 0. The normalized spacial score (nSPS) is 10.6. The fourth-order valence-corrected chi connectivity index (χ4v) is 3.87. The van der Waals surface area contributed by atoms with Crippen LogP contribution in [0.2, 0.25) is 0 Å². The average Bonchev–Trinajstić information content (AvgIpc) is 3.51. The minimum absolute atomic E-state index is 0.0494. The lowest BCUT2D eigenvalue weighted by Gasteiger charge is -2.09. The Kier molecular flexibility index (Phi) is 5.73. The Labute approximate surface area is 173 Å². The number of hydrogen-bond acceptors (Lipinski definition) is 7. The third-order valence-electron chi connectivity index (χ3n) is 3.78. The molecule has 2 amide bonds. The highest BCUT2D eigenvalue weighted by Gasteiger charge is 2.19. The largest absolute Gasteiger partial charge is 0.461 e. The smallest absolute Gasteiger partial charge is 0.279 e. The maximum Gasteiger partial charge on any atom is 0.279 e. The van der Waals surface area contributed by atoms with E-state index in [4.69, 9.17) is 4.42 Å². The van der Waals surface area contributed by atoms with Gasteiger partial charge in [0.05, 0.1) is 16.9 Å². The summed E-state index contributed by atoms with van der Waals surface area (Å²) < 4.78 is 7.28. The highest BCUT2D eigenvalue weighted by atomic mass is 32.2. The summed E-state index contributed by atoms with van der Waals surface area (Å²) in [4.78, 5) is 24.6. The summed E-state index contributed by atoms with van der Waals surface area (Å²) in [5.41, 5.74) is 5.65. The number of thiophene rings is 1. The molecule has 10 heteroatoms. The molecule has 0 radical (unpaired) electrons. The molecule has 3 aromatic heterocycles. The topological polar surface area (TPSA) is 102 Å². The van der Waals surface area contributed by atoms with E-state index < -0.39 is 0 Å². The fraction of sp³-hybridized carbons (Fsp3) is 0.0526. The van der Waals surface area contributed by atoms with Crippen LogP contribution in [0.25, 0.3) is 17.3 Å². The van der Waals surface area contributed by atoms with Crippen LogP contribution in [0.3, 0.4) is 0 Å². The van der Waals surface area contributed by atoms with Gasteiger partial charge < -0.3 is 4.42 Å². The number of thioether (sulfide) groups is 1. The predicted molar refractivity (Wildman–Crippen MR) is 110 cm³/mol. The van der Waals surface area contributed by atoms with Crippen molar-refractivity contribution in [2.24, 2.45) is 0 Å². The first-order valence-electron chi connectivity index (χ1n) is 8.52. The zero-order chi connectivity index (χ0) is 20.1. The molecule has 4 rings (SSSR count). The molecule has 0 atom stereocenters. The number of benzene rings is 1. The lowest BCUT2D eigenvalue weighted by Crippen LogP contribution is -2.42. The number of para-hydroxylation sites is 1. The Morgan fingerprint density at radius 3 is 2.62 bits per heavy atom. The number of furan rings is 1. The molecule has 0 bridgehead atoms. The van der Waals surface area contributed by atoms with E-state index in [0.29, 0.717) is 21.6 Å². The van der Waals surface area contributed by atoms with E-state index in [2.05, 4.69) is 21.0 Å². The van der Waals surface area contributed by atoms with Gasteiger partial charge in [0.25, 0.3) is 5.91 Å². The first kappa shape index (κ1) is 19.0. The molecule has 29 heavy (non-hydrogen) atoms. The van der Waals surface area contributed by atoms with Gasteiger partial charge in [-0.25, -0.2) is 0 Å². The highest BCUT2D eigenvalue weighted by molar-refractivity contribution is 7.99. The van der Waals surface area contributed by atoms with Crippen molar-refractivity contribution in [2.45, 2.75) is 5.16 Å². The lowest BCUT2D eigenvalue weighted by atomic mass is 10.3. The van der Waals surface area contributed by atoms with Crippen LogP contribution in [0.15, 0.2) is 75.8 Å². The maximum atomic E-state index is 12.2. The Balaban J connectivity index is 1.46. The highest BCUT2D eigenvalue weighted by Crippen LogP contribution is 2.27. The minimum Gasteiger partial charge on any atom is -0.461 e. The number of amides is 2. The molecule has 0 spiro atoms. The number of hydrogen-bond donors (Lipinski definition) is 2. The molecule has 1 aromatic carbocycles. The van der Waals surface area contributed by atoms with Gasteiger partial charge in [0.2, 0.25) is 11.7 Å². The molecule has 0 unspecified atom stereocenters. The van der Waals surface area contributed by atoms with Crippen molar-refractivity contribution in [1.82, 2.24) is 25.6 Å². The van der Waals surface area contributed by atoms with Crippen LogP contribution in [0.4, 0.5) is 0 Å². The molecule has 146 valence electrons. The third kappa shape index (κ3) is 4.39. The molecule has 0 aliphatic heterocycles. The standard InChI is InChI=1S/C19H15N5O3S2/c25-16(20-22-18(26)15-9-5-11-28-15)12-29-19-23-21-17(14-8-4-10-27-14)24(19)13-6-2-1-3-7-13/h1-11H,12H2,(H,20,25)(H,22,26). The van der Waals surface area contributed by atoms with Crippen LogP contribution in [0, 0.1) is 0 Å². The molecule has 2 N–H and O–H groups in total. The molecule has 0 fully saturated rings. The van der Waals surface area contributed by atoms with Gasteiger partial charge >= 0.3 is 0 Å². The molecule has 0 aliphatic rings. The van der Waals surface area contributed by atoms with Crippen molar-refractivity contribution in [2.75, 3.05) is 5.75 Å². The Hall–Kier alpha value is -3.37. The second-order valence-electron chi connectivity index (χ2n) is 5.72. The first-order chi connectivity index (χ1) is 14.2. The summed E-state index contributed by atoms with van der Waals surface area (Å²) in [6, 6.07) is 16.6. The molecular formula is C19H15N5O3S2. The zero-order valence-corrected chi connectivity index (χ0v) is 16.6. The van der Waals surface area contributed by atoms with Gasteiger partial charge in [-0.1, -0.05) is 36.0 Å². The van der Waals surface area contributed by atoms with Crippen molar-refractivity contribution in [3.8, 4) is 17.3 Å². The molecule has 3 heterocycles. The van der Waals surface area contributed by atoms with Crippen molar-refractivity contribution in [3.05, 3.63) is 71.1 Å². The van der Waals surface area contributed by atoms with Gasteiger partial charge in [-0.3, -0.25) is 25.0 Å². The maximum absolute atomic E-state index is 12.2. The number of rotatable bonds is 6. The van der Waals surface area contributed by atoms with Gasteiger partial charge in [-0.15, -0.1) is 21.5 Å². The minimum atomic E-state index is -0.359. The Morgan fingerprint density at radius 1 is 1.03 bits per heavy atom. The summed E-state index contributed by atoms with van der Waals surface area (Å²) in [5, 5.41) is 10.7. The Morgan fingerprint density at radius 2 is 1.90 bits per heavy atom. The number of carbonyl (C=O) groups is 2. The zero-order valence-electron chi connectivity index (χ0n) is 14.9. The molecule has 0 saturated heterocycles. The van der Waals surface area contributed by atoms with Crippen LogP contribution in [0.1, 0.15) is 9.67 Å². The van der Waals surface area contributed by atoms with E-state index in [9.17, 15) is 9.59 Å². The average molecular weight is 425 g/mol. The van der Waals surface area contributed by atoms with Crippen molar-refractivity contribution in [3.63, 3.8) is 0 Å². The van der Waals surface area contributed by atoms with Gasteiger partial charge in [0.15, 0.2) is 10.9 Å². The van der Waals surface area contributed by atoms with Crippen molar-refractivity contribution < 1.29 is 14.0 Å². The van der Waals surface area contributed by atoms with E-state index in [1.807, 2.05) is 34.9 Å². The second-order valence-corrected chi connectivity index (χ2v) is 7.61. The quantitative estimate of drug-likeness (QED) is 0.363. The van der Waals surface area contributed by atoms with E-state index >= 15 is 0 Å². The van der Waals surface area contributed by atoms with Crippen molar-refractivity contribution >= 4 is 34.9 Å². The van der Waals surface area contributed by atoms with Crippen LogP contribution in [-0.4, -0.2) is 32.3 Å². The van der Waals surface area contributed by atoms with Crippen molar-refractivity contribution in [1.29, 1.82) is 0 Å². The summed E-state index contributed by atoms with van der Waals surface area (Å²) in [7, 11) is 0. The number of nitrogens with zero attached hydrogens (tertiary/aromatic N) is 3. The number of aromatic nitrogens is 3. The summed E-state index contributed by atoms with van der Waals surface area (Å²) in [6.07, 6.45) is 1.57. The lowest BCUT2D eigenvalue weighted by molar-refractivity contribution is -0.119. The molecule has 4 aromatic rings. The third-order valence-corrected chi connectivity index (χ3v) is 5.58. The number of carbonyl (C=O) groups excluding carboxylic acids is 2. The van der Waals surface area contributed by atoms with Gasteiger partial charge in [-0.2, -0.15) is 0 Å². The van der Waals surface area contributed by atoms with Gasteiger partial charge in [0.1, 0.15) is 0 Å². The van der Waals surface area contributed by atoms with E-state index in [-0.39, 0.29) is 17.6 Å². The number of nitrogens with one attached hydrogen (secondary N) is 2. The number of hydrazine groups is 1. The van der Waals surface area contributed by atoms with Crippen LogP contribution in [-0.2, 0) is 4.79 Å². The molecular weight excluding hydrogens is 410 g/mol. The summed E-state index contributed by atoms with van der Waals surface area (Å²) in [5.74, 6) is 0.442. The summed E-state index contributed by atoms with van der Waals surface area (Å²) >= 11 is 2.50. The van der Waals surface area contributed by atoms with E-state index in [1.54, 1.807) is 35.9 Å². The van der Waals surface area contributed by atoms with E-state index in [1.165, 1.54) is 23.1 Å². The Bertz CT molecular complexity index is 1090. The molecule has 0 saturated carbocycles. The fourth-order valence-electron chi connectivity index (χ4n) is 2.50. The van der Waals surface area contributed by atoms with E-state index in [0.717, 1.165) is 5.69 Å². The second kappa shape index (κ2) is 8.76. The first-order valence-corrected chi connectivity index (χ1v) is 10.4. The predicted octanol–water partition coefficient (Wildman–Crippen LogP) is 3.14. The van der Waals surface area contributed by atoms with Gasteiger partial charge in [-0.05, 0) is 35.7 Å².